The Morgan fingerprint density at radius 3 is 2.34 bits per heavy atom. The summed E-state index contributed by atoms with van der Waals surface area (Å²) in [6.07, 6.45) is 0.131. The van der Waals surface area contributed by atoms with Crippen molar-refractivity contribution in [1.82, 2.24) is 9.80 Å². The van der Waals surface area contributed by atoms with Crippen molar-refractivity contribution in [3.8, 4) is 5.75 Å². The Morgan fingerprint density at radius 2 is 1.75 bits per heavy atom. The van der Waals surface area contributed by atoms with Gasteiger partial charge in [-0.25, -0.2) is 0 Å². The van der Waals surface area contributed by atoms with E-state index in [-0.39, 0.29) is 35.1 Å². The molecule has 0 radical (unpaired) electrons. The molecule has 3 aliphatic carbocycles. The van der Waals surface area contributed by atoms with Crippen molar-refractivity contribution in [3.63, 3.8) is 0 Å². The number of amides is 1. The third kappa shape index (κ3) is 4.81. The van der Waals surface area contributed by atoms with Crippen LogP contribution in [-0.2, 0) is 32.8 Å². The Labute approximate surface area is 261 Å². The molecule has 0 heterocycles. The molecule has 2 aromatic rings. The molecule has 0 aliphatic heterocycles. The first-order valence-electron chi connectivity index (χ1n) is 14.4. The highest BCUT2D eigenvalue weighted by molar-refractivity contribution is 6.32. The summed E-state index contributed by atoms with van der Waals surface area (Å²) in [5.74, 6) is -6.94. The van der Waals surface area contributed by atoms with Crippen LogP contribution in [0.4, 0.5) is 0 Å². The number of carbonyl (C=O) groups excluding carboxylic acids is 3. The van der Waals surface area contributed by atoms with Gasteiger partial charge in [-0.2, -0.15) is 0 Å². The zero-order chi connectivity index (χ0) is 32.5. The summed E-state index contributed by atoms with van der Waals surface area (Å²) in [6.45, 7) is 5.37. The number of hydrogen-bond donors (Lipinski definition) is 5. The molecule has 1 fully saturated rings. The molecular formula is C33H38ClN3O7. The molecule has 0 spiro atoms. The molecule has 10 nitrogen and oxygen atoms in total. The molecule has 1 amide bonds. The van der Waals surface area contributed by atoms with Crippen LogP contribution in [0.5, 0.6) is 5.75 Å². The predicted molar refractivity (Wildman–Crippen MR) is 165 cm³/mol. The first-order chi connectivity index (χ1) is 20.5. The van der Waals surface area contributed by atoms with Crippen LogP contribution in [-0.4, -0.2) is 87.0 Å². The van der Waals surface area contributed by atoms with Gasteiger partial charge in [0.05, 0.1) is 11.6 Å². The van der Waals surface area contributed by atoms with Gasteiger partial charge in [0.1, 0.15) is 22.8 Å². The summed E-state index contributed by atoms with van der Waals surface area (Å²) in [7, 11) is 5.07. The monoisotopic (exact) mass is 623 g/mol. The van der Waals surface area contributed by atoms with Gasteiger partial charge in [-0.3, -0.25) is 19.3 Å². The zero-order valence-corrected chi connectivity index (χ0v) is 26.1. The summed E-state index contributed by atoms with van der Waals surface area (Å²) in [5, 5.41) is 45.6. The number of phenols is 1. The summed E-state index contributed by atoms with van der Waals surface area (Å²) >= 11 is 6.94. The Kier molecular flexibility index (Phi) is 7.95. The third-order valence-electron chi connectivity index (χ3n) is 9.39. The second-order valence-corrected chi connectivity index (χ2v) is 13.5. The van der Waals surface area contributed by atoms with Crippen LogP contribution in [0.2, 0.25) is 5.02 Å². The summed E-state index contributed by atoms with van der Waals surface area (Å²) < 4.78 is 0. The molecular weight excluding hydrogens is 586 g/mol. The number of benzene rings is 2. The molecule has 11 heteroatoms. The quantitative estimate of drug-likeness (QED) is 0.292. The topological polar surface area (TPSA) is 165 Å². The number of nitrogens with two attached hydrogens (primary N) is 1. The lowest BCUT2D eigenvalue weighted by Crippen LogP contribution is -2.65. The number of aliphatic hydroxyl groups excluding tert-OH is 2. The molecule has 0 saturated heterocycles. The smallest absolute Gasteiger partial charge is 0.255 e. The number of nitrogens with zero attached hydrogens (tertiary/aromatic N) is 2. The number of fused-ring (bicyclic) bond motifs is 3. The number of primary amides is 1. The number of carbonyl (C=O) groups is 3. The fourth-order valence-electron chi connectivity index (χ4n) is 7.46. The molecule has 4 atom stereocenters. The Bertz CT molecular complexity index is 1630. The Balaban J connectivity index is 1.54. The fraction of sp³-hybridized carbons (Fsp3) is 0.424. The average molecular weight is 624 g/mol. The van der Waals surface area contributed by atoms with E-state index in [1.807, 2.05) is 25.2 Å². The maximum Gasteiger partial charge on any atom is 0.255 e. The largest absolute Gasteiger partial charge is 0.508 e. The molecule has 6 N–H and O–H groups in total. The van der Waals surface area contributed by atoms with E-state index in [2.05, 4.69) is 30.9 Å². The van der Waals surface area contributed by atoms with Crippen LogP contribution in [0, 0.1) is 11.8 Å². The summed E-state index contributed by atoms with van der Waals surface area (Å²) in [6, 6.07) is 10.4. The van der Waals surface area contributed by atoms with Gasteiger partial charge >= 0.3 is 0 Å². The number of ketones is 2. The van der Waals surface area contributed by atoms with E-state index in [0.717, 1.165) is 0 Å². The van der Waals surface area contributed by atoms with Crippen molar-refractivity contribution in [2.45, 2.75) is 50.3 Å². The zero-order valence-electron chi connectivity index (χ0n) is 25.4. The van der Waals surface area contributed by atoms with E-state index in [4.69, 9.17) is 17.3 Å². The Hall–Kier alpha value is -3.70. The van der Waals surface area contributed by atoms with Gasteiger partial charge in [0, 0.05) is 35.0 Å². The summed E-state index contributed by atoms with van der Waals surface area (Å²) in [5.41, 5.74) is 3.69. The maximum atomic E-state index is 14.0. The minimum Gasteiger partial charge on any atom is -0.508 e. The average Bonchev–Trinajstić information content (AvgIpc) is 2.93. The number of likely N-dealkylation sites (N-methyl/N-ethyl adjacent to an activating group) is 2. The minimum atomic E-state index is -2.68. The molecule has 0 aromatic heterocycles. The highest BCUT2D eigenvalue weighted by Crippen LogP contribution is 2.53. The lowest BCUT2D eigenvalue weighted by atomic mass is 9.57. The molecule has 0 unspecified atom stereocenters. The Morgan fingerprint density at radius 1 is 1.11 bits per heavy atom. The fourth-order valence-corrected chi connectivity index (χ4v) is 7.75. The number of hydrogen-bond acceptors (Lipinski definition) is 9. The maximum absolute atomic E-state index is 14.0. The van der Waals surface area contributed by atoms with Gasteiger partial charge in [-0.15, -0.1) is 0 Å². The van der Waals surface area contributed by atoms with Crippen molar-refractivity contribution >= 4 is 34.8 Å². The summed E-state index contributed by atoms with van der Waals surface area (Å²) in [4.78, 5) is 43.0. The van der Waals surface area contributed by atoms with Crippen molar-refractivity contribution < 1.29 is 34.8 Å². The molecule has 44 heavy (non-hydrogen) atoms. The molecule has 3 aliphatic rings. The second-order valence-electron chi connectivity index (χ2n) is 13.1. The van der Waals surface area contributed by atoms with Gasteiger partial charge in [0.15, 0.2) is 11.4 Å². The van der Waals surface area contributed by atoms with Gasteiger partial charge in [-0.1, -0.05) is 55.8 Å². The van der Waals surface area contributed by atoms with E-state index in [1.54, 1.807) is 14.1 Å². The van der Waals surface area contributed by atoms with E-state index in [1.165, 1.54) is 16.5 Å². The standard InChI is InChI=1S/C33H38ClN3O7/c1-32(2,18-9-7-6-8-10-18)15-37(5)14-17-13-21(38)23-19(25(17)34)11-16-12-20-26(36(3)4)28(40)24(31(35)43)30(42)33(20,44)29(41)22(16)27(23)39/h6-10,13,16,20,26,38-39,42,44H,11-12,14-15H2,1-5H3,(H2,35,43)/t16-,20-,26-,33-/m0/s1. The molecule has 234 valence electrons. The molecule has 1 saturated carbocycles. The number of aromatic hydroxyl groups is 1. The van der Waals surface area contributed by atoms with E-state index >= 15 is 0 Å². The first-order valence-corrected chi connectivity index (χ1v) is 14.8. The molecule has 5 rings (SSSR count). The lowest BCUT2D eigenvalue weighted by Gasteiger charge is -2.50. The van der Waals surface area contributed by atoms with Crippen molar-refractivity contribution in [2.24, 2.45) is 17.6 Å². The van der Waals surface area contributed by atoms with Crippen LogP contribution in [0.15, 0.2) is 53.3 Å². The highest BCUT2D eigenvalue weighted by atomic mass is 35.5. The normalized spacial score (nSPS) is 25.3. The third-order valence-corrected chi connectivity index (χ3v) is 9.86. The molecule has 0 bridgehead atoms. The van der Waals surface area contributed by atoms with E-state index in [0.29, 0.717) is 29.2 Å². The van der Waals surface area contributed by atoms with Crippen molar-refractivity contribution in [1.29, 1.82) is 0 Å². The second kappa shape index (κ2) is 11.0. The van der Waals surface area contributed by atoms with Gasteiger partial charge < -0.3 is 31.1 Å². The molecule has 2 aromatic carbocycles. The lowest BCUT2D eigenvalue weighted by molar-refractivity contribution is -0.153. The minimum absolute atomic E-state index is 0.00174. The SMILES string of the molecule is CN(Cc1cc(O)c2c(c1Cl)C[C@H]1C[C@H]3[C@H](N(C)C)C(=O)C(C(N)=O)=C(O)[C@@]3(O)C(=O)C1=C2O)CC(C)(C)c1ccccc1. The number of halogens is 1. The van der Waals surface area contributed by atoms with Crippen LogP contribution >= 0.6 is 11.6 Å². The number of aliphatic hydroxyl groups is 3. The van der Waals surface area contributed by atoms with Crippen molar-refractivity contribution in [2.75, 3.05) is 27.7 Å². The predicted octanol–water partition coefficient (Wildman–Crippen LogP) is 3.03. The van der Waals surface area contributed by atoms with Crippen LogP contribution in [0.25, 0.3) is 5.76 Å². The van der Waals surface area contributed by atoms with Gasteiger partial charge in [0.25, 0.3) is 5.91 Å². The first kappa shape index (κ1) is 31.7. The van der Waals surface area contributed by atoms with Gasteiger partial charge in [-0.05, 0) is 62.7 Å². The van der Waals surface area contributed by atoms with E-state index in [9.17, 15) is 34.8 Å². The van der Waals surface area contributed by atoms with Crippen LogP contribution < -0.4 is 5.73 Å². The number of rotatable bonds is 7. The highest BCUT2D eigenvalue weighted by Gasteiger charge is 2.64. The van der Waals surface area contributed by atoms with Crippen LogP contribution in [0.1, 0.15) is 42.5 Å². The van der Waals surface area contributed by atoms with Crippen LogP contribution in [0.3, 0.4) is 0 Å². The van der Waals surface area contributed by atoms with E-state index < -0.39 is 58.0 Å². The van der Waals surface area contributed by atoms with Gasteiger partial charge in [0.2, 0.25) is 5.78 Å². The number of phenolic OH excluding ortho intramolecular Hbond substituents is 1. The number of Topliss-reactive ketones (excluding diaryl/α,β-unsaturated/α-hetero) is 2. The van der Waals surface area contributed by atoms with Crippen molar-refractivity contribution in [3.05, 3.63) is 80.6 Å².